The van der Waals surface area contributed by atoms with Gasteiger partial charge in [0.2, 0.25) is 0 Å². The molecule has 8 heteroatoms. The minimum Gasteiger partial charge on any atom is -0.308 e. The van der Waals surface area contributed by atoms with Crippen LogP contribution in [0.5, 0.6) is 0 Å². The van der Waals surface area contributed by atoms with Crippen LogP contribution in [0.3, 0.4) is 0 Å². The lowest BCUT2D eigenvalue weighted by molar-refractivity contribution is 0.0761. The van der Waals surface area contributed by atoms with Gasteiger partial charge in [-0.25, -0.2) is 0 Å². The first kappa shape index (κ1) is 18.7. The van der Waals surface area contributed by atoms with E-state index in [0.717, 1.165) is 5.56 Å². The van der Waals surface area contributed by atoms with E-state index < -0.39 is 30.6 Å². The van der Waals surface area contributed by atoms with E-state index in [2.05, 4.69) is 10.5 Å². The third kappa shape index (κ3) is 2.37. The van der Waals surface area contributed by atoms with E-state index in [9.17, 15) is 14.2 Å². The summed E-state index contributed by atoms with van der Waals surface area (Å²) < 4.78 is 23.5. The summed E-state index contributed by atoms with van der Waals surface area (Å²) in [7, 11) is -1.31. The topological polar surface area (TPSA) is 94.1 Å². The first-order chi connectivity index (χ1) is 13.4. The maximum atomic E-state index is 13.4. The summed E-state index contributed by atoms with van der Waals surface area (Å²) in [5, 5.41) is 4.16. The Balaban J connectivity index is 1.94. The lowest BCUT2D eigenvalue weighted by Gasteiger charge is -2.29. The molecule has 1 N–H and O–H groups in total. The molecule has 1 aliphatic heterocycles. The van der Waals surface area contributed by atoms with Gasteiger partial charge in [0.1, 0.15) is 0 Å². The largest absolute Gasteiger partial charge is 0.377 e. The third-order valence-electron chi connectivity index (χ3n) is 5.34. The lowest BCUT2D eigenvalue weighted by atomic mass is 9.77. The van der Waals surface area contributed by atoms with Crippen molar-refractivity contribution in [2.24, 2.45) is 5.10 Å². The number of fused-ring (bicyclic) bond motifs is 1. The lowest BCUT2D eigenvalue weighted by Crippen LogP contribution is -2.54. The summed E-state index contributed by atoms with van der Waals surface area (Å²) in [5.74, 6) is -1.74. The van der Waals surface area contributed by atoms with Crippen molar-refractivity contribution in [3.05, 3.63) is 70.8 Å². The number of nitrogens with zero attached hydrogens (tertiary/aromatic N) is 1. The smallest absolute Gasteiger partial charge is 0.308 e. The van der Waals surface area contributed by atoms with Crippen LogP contribution < -0.4 is 5.43 Å². The molecule has 2 aliphatic rings. The molecule has 0 radical (unpaired) electrons. The van der Waals surface area contributed by atoms with Crippen molar-refractivity contribution in [1.82, 2.24) is 5.43 Å². The first-order valence-electron chi connectivity index (χ1n) is 8.71. The molecule has 0 bridgehead atoms. The Kier molecular flexibility index (Phi) is 4.34. The Morgan fingerprint density at radius 1 is 0.964 bits per heavy atom. The van der Waals surface area contributed by atoms with Crippen molar-refractivity contribution in [1.29, 1.82) is 0 Å². The number of rotatable bonds is 4. The van der Waals surface area contributed by atoms with Crippen molar-refractivity contribution >= 4 is 24.6 Å². The molecule has 1 unspecified atom stereocenters. The summed E-state index contributed by atoms with van der Waals surface area (Å²) in [6.45, 7) is 1.93. The number of hydrogen-bond acceptors (Lipinski definition) is 7. The number of nitrogens with one attached hydrogen (secondary N) is 1. The summed E-state index contributed by atoms with van der Waals surface area (Å²) in [5.41, 5.74) is 3.29. The van der Waals surface area contributed by atoms with E-state index in [4.69, 9.17) is 9.05 Å². The second kappa shape index (κ2) is 6.48. The zero-order valence-electron chi connectivity index (χ0n) is 15.6. The minimum atomic E-state index is -3.81. The molecule has 28 heavy (non-hydrogen) atoms. The standard InChI is InChI=1S/C20H19N2O5P/c1-12-8-10-13(11-9-12)16-19(28(25,26-2)27-3)21-22-20(16)17(23)14-6-4-5-7-15(14)18(20)24/h4-11,16,22H,1-3H3. The number of aryl methyl sites for hydroxylation is 1. The molecular weight excluding hydrogens is 379 g/mol. The molecule has 0 amide bonds. The molecule has 0 saturated heterocycles. The van der Waals surface area contributed by atoms with Gasteiger partial charge in [-0.1, -0.05) is 54.1 Å². The van der Waals surface area contributed by atoms with Crippen LogP contribution in [0.2, 0.25) is 0 Å². The predicted molar refractivity (Wildman–Crippen MR) is 104 cm³/mol. The van der Waals surface area contributed by atoms with E-state index >= 15 is 0 Å². The number of carbonyl (C=O) groups excluding carboxylic acids is 2. The van der Waals surface area contributed by atoms with Crippen LogP contribution in [0.25, 0.3) is 0 Å². The molecule has 144 valence electrons. The van der Waals surface area contributed by atoms with E-state index in [-0.39, 0.29) is 5.45 Å². The minimum absolute atomic E-state index is 0.0101. The first-order valence-corrected chi connectivity index (χ1v) is 10.3. The highest BCUT2D eigenvalue weighted by Gasteiger charge is 2.65. The van der Waals surface area contributed by atoms with Crippen molar-refractivity contribution in [3.63, 3.8) is 0 Å². The fraction of sp³-hybridized carbons (Fsp3) is 0.250. The molecular formula is C20H19N2O5P. The van der Waals surface area contributed by atoms with Gasteiger partial charge in [-0.2, -0.15) is 5.10 Å². The summed E-state index contributed by atoms with van der Waals surface area (Å²) in [6, 6.07) is 13.9. The van der Waals surface area contributed by atoms with E-state index in [1.807, 2.05) is 19.1 Å². The summed E-state index contributed by atoms with van der Waals surface area (Å²) in [4.78, 5) is 26.8. The van der Waals surface area contributed by atoms with Gasteiger partial charge in [0, 0.05) is 25.3 Å². The van der Waals surface area contributed by atoms with Crippen LogP contribution in [0, 0.1) is 6.92 Å². The van der Waals surface area contributed by atoms with Gasteiger partial charge in [-0.15, -0.1) is 0 Å². The van der Waals surface area contributed by atoms with E-state index in [1.54, 1.807) is 36.4 Å². The molecule has 0 saturated carbocycles. The molecule has 7 nitrogen and oxygen atoms in total. The molecule has 2 aromatic carbocycles. The van der Waals surface area contributed by atoms with Crippen molar-refractivity contribution in [2.75, 3.05) is 14.2 Å². The van der Waals surface area contributed by atoms with Gasteiger partial charge in [0.25, 0.3) is 0 Å². The Labute approximate surface area is 162 Å². The van der Waals surface area contributed by atoms with E-state index in [1.165, 1.54) is 14.2 Å². The average Bonchev–Trinajstić information content (AvgIpc) is 3.23. The van der Waals surface area contributed by atoms with Crippen LogP contribution in [0.15, 0.2) is 53.6 Å². The fourth-order valence-electron chi connectivity index (χ4n) is 3.88. The Morgan fingerprint density at radius 3 is 2.00 bits per heavy atom. The monoisotopic (exact) mass is 398 g/mol. The van der Waals surface area contributed by atoms with Crippen LogP contribution >= 0.6 is 7.60 Å². The van der Waals surface area contributed by atoms with Crippen LogP contribution in [-0.2, 0) is 13.6 Å². The number of benzene rings is 2. The van der Waals surface area contributed by atoms with Crippen LogP contribution in [0.1, 0.15) is 37.8 Å². The molecule has 1 atom stereocenters. The normalized spacial score (nSPS) is 20.2. The Hall–Kier alpha value is -2.60. The summed E-state index contributed by atoms with van der Waals surface area (Å²) in [6.07, 6.45) is 0. The van der Waals surface area contributed by atoms with Crippen molar-refractivity contribution < 1.29 is 23.2 Å². The van der Waals surface area contributed by atoms with Crippen molar-refractivity contribution in [3.8, 4) is 0 Å². The highest BCUT2D eigenvalue weighted by Crippen LogP contribution is 2.58. The maximum Gasteiger partial charge on any atom is 0.377 e. The average molecular weight is 398 g/mol. The molecule has 0 fully saturated rings. The SMILES string of the molecule is COP(=O)(OC)C1=NNC2(C(=O)c3ccccc3C2=O)C1c1ccc(C)cc1. The number of hydrogen-bond donors (Lipinski definition) is 1. The molecule has 0 aromatic heterocycles. The number of Topliss-reactive ketones (excluding diaryl/α,β-unsaturated/α-hetero) is 2. The molecule has 2 aromatic rings. The summed E-state index contributed by atoms with van der Waals surface area (Å²) >= 11 is 0. The van der Waals surface area contributed by atoms with Crippen LogP contribution in [-0.4, -0.2) is 36.8 Å². The highest BCUT2D eigenvalue weighted by molar-refractivity contribution is 7.72. The number of hydrazone groups is 1. The molecule has 1 aliphatic carbocycles. The Morgan fingerprint density at radius 2 is 1.50 bits per heavy atom. The van der Waals surface area contributed by atoms with Gasteiger partial charge in [-0.05, 0) is 12.5 Å². The fourth-order valence-corrected chi connectivity index (χ4v) is 5.23. The molecule has 1 heterocycles. The Bertz CT molecular complexity index is 1020. The molecule has 4 rings (SSSR count). The van der Waals surface area contributed by atoms with Crippen molar-refractivity contribution in [2.45, 2.75) is 18.4 Å². The second-order valence-electron chi connectivity index (χ2n) is 6.80. The van der Waals surface area contributed by atoms with E-state index in [0.29, 0.717) is 16.7 Å². The highest BCUT2D eigenvalue weighted by atomic mass is 31.2. The van der Waals surface area contributed by atoms with Gasteiger partial charge in [0.15, 0.2) is 22.6 Å². The quantitative estimate of drug-likeness (QED) is 0.627. The second-order valence-corrected chi connectivity index (χ2v) is 8.98. The third-order valence-corrected chi connectivity index (χ3v) is 7.22. The maximum absolute atomic E-state index is 13.4. The van der Waals surface area contributed by atoms with Crippen LogP contribution in [0.4, 0.5) is 0 Å². The predicted octanol–water partition coefficient (Wildman–Crippen LogP) is 3.30. The van der Waals surface area contributed by atoms with Gasteiger partial charge < -0.3 is 9.05 Å². The van der Waals surface area contributed by atoms with Gasteiger partial charge >= 0.3 is 7.60 Å². The number of carbonyl (C=O) groups is 2. The molecule has 1 spiro atoms. The zero-order chi connectivity index (χ0) is 20.1. The zero-order valence-corrected chi connectivity index (χ0v) is 16.5. The number of ketones is 2. The van der Waals surface area contributed by atoms with Gasteiger partial charge in [-0.3, -0.25) is 19.6 Å². The van der Waals surface area contributed by atoms with Gasteiger partial charge in [0.05, 0.1) is 5.92 Å².